The van der Waals surface area contributed by atoms with Crippen LogP contribution < -0.4 is 5.73 Å². The molecule has 2 unspecified atom stereocenters. The van der Waals surface area contributed by atoms with Crippen molar-refractivity contribution in [2.24, 2.45) is 11.7 Å². The van der Waals surface area contributed by atoms with Crippen LogP contribution >= 0.6 is 15.9 Å². The maximum absolute atomic E-state index is 14.0. The van der Waals surface area contributed by atoms with Crippen LogP contribution in [0.2, 0.25) is 0 Å². The second-order valence-corrected chi connectivity index (χ2v) is 6.39. The summed E-state index contributed by atoms with van der Waals surface area (Å²) in [6.45, 7) is 3.09. The highest BCUT2D eigenvalue weighted by Crippen LogP contribution is 2.30. The summed E-state index contributed by atoms with van der Waals surface area (Å²) in [6, 6.07) is 4.74. The van der Waals surface area contributed by atoms with E-state index in [1.54, 1.807) is 17.0 Å². The number of carbonyl (C=O) groups is 1. The third-order valence-electron chi connectivity index (χ3n) is 4.35. The van der Waals surface area contributed by atoms with Crippen LogP contribution in [0, 0.1) is 11.7 Å². The third-order valence-corrected chi connectivity index (χ3v) is 5.01. The molecule has 2 N–H and O–H groups in total. The first-order valence-corrected chi connectivity index (χ1v) is 8.34. The summed E-state index contributed by atoms with van der Waals surface area (Å²) in [5, 5.41) is 0. The normalized spacial score (nSPS) is 22.1. The van der Waals surface area contributed by atoms with E-state index >= 15 is 0 Å². The average molecular weight is 357 g/mol. The molecule has 3 nitrogen and oxygen atoms in total. The maximum atomic E-state index is 14.0. The lowest BCUT2D eigenvalue weighted by Crippen LogP contribution is -2.48. The predicted octanol–water partition coefficient (Wildman–Crippen LogP) is 3.57. The largest absolute Gasteiger partial charge is 0.335 e. The highest BCUT2D eigenvalue weighted by Gasteiger charge is 2.33. The zero-order valence-electron chi connectivity index (χ0n) is 12.3. The Morgan fingerprint density at radius 3 is 2.76 bits per heavy atom. The summed E-state index contributed by atoms with van der Waals surface area (Å²) in [5.41, 5.74) is 5.99. The molecule has 0 heterocycles. The SMILES string of the molecule is CCN(C(=O)c1c(F)cccc1Br)C1CCCCC1CN. The Bertz CT molecular complexity index is 489. The molecule has 0 spiro atoms. The van der Waals surface area contributed by atoms with Gasteiger partial charge in [0.2, 0.25) is 0 Å². The van der Waals surface area contributed by atoms with Gasteiger partial charge < -0.3 is 10.6 Å². The van der Waals surface area contributed by atoms with Crippen LogP contribution in [0.25, 0.3) is 0 Å². The number of nitrogens with zero attached hydrogens (tertiary/aromatic N) is 1. The van der Waals surface area contributed by atoms with Crippen LogP contribution in [-0.4, -0.2) is 29.9 Å². The average Bonchev–Trinajstić information content (AvgIpc) is 2.48. The van der Waals surface area contributed by atoms with Crippen molar-refractivity contribution in [3.05, 3.63) is 34.1 Å². The lowest BCUT2D eigenvalue weighted by Gasteiger charge is -2.39. The molecule has 21 heavy (non-hydrogen) atoms. The summed E-state index contributed by atoms with van der Waals surface area (Å²) in [6.07, 6.45) is 4.26. The van der Waals surface area contributed by atoms with Crippen LogP contribution in [0.15, 0.2) is 22.7 Å². The van der Waals surface area contributed by atoms with Gasteiger partial charge in [-0.05, 0) is 60.3 Å². The predicted molar refractivity (Wildman–Crippen MR) is 85.6 cm³/mol. The maximum Gasteiger partial charge on any atom is 0.258 e. The van der Waals surface area contributed by atoms with Crippen LogP contribution in [0.4, 0.5) is 4.39 Å². The molecule has 0 bridgehead atoms. The molecular weight excluding hydrogens is 335 g/mol. The Morgan fingerprint density at radius 1 is 1.43 bits per heavy atom. The van der Waals surface area contributed by atoms with Gasteiger partial charge in [0.15, 0.2) is 0 Å². The van der Waals surface area contributed by atoms with E-state index in [0.29, 0.717) is 23.5 Å². The van der Waals surface area contributed by atoms with Gasteiger partial charge in [-0.25, -0.2) is 4.39 Å². The van der Waals surface area contributed by atoms with Gasteiger partial charge in [0.05, 0.1) is 5.56 Å². The lowest BCUT2D eigenvalue weighted by molar-refractivity contribution is 0.0554. The third kappa shape index (κ3) is 3.46. The first-order valence-electron chi connectivity index (χ1n) is 7.55. The van der Waals surface area contributed by atoms with Crippen molar-refractivity contribution in [2.75, 3.05) is 13.1 Å². The van der Waals surface area contributed by atoms with Crippen molar-refractivity contribution in [1.82, 2.24) is 4.90 Å². The van der Waals surface area contributed by atoms with Gasteiger partial charge in [-0.2, -0.15) is 0 Å². The fourth-order valence-electron chi connectivity index (χ4n) is 3.25. The van der Waals surface area contributed by atoms with Gasteiger partial charge in [-0.1, -0.05) is 18.9 Å². The topological polar surface area (TPSA) is 46.3 Å². The molecule has 1 aromatic carbocycles. The monoisotopic (exact) mass is 356 g/mol. The molecule has 116 valence electrons. The van der Waals surface area contributed by atoms with Crippen molar-refractivity contribution in [3.63, 3.8) is 0 Å². The zero-order chi connectivity index (χ0) is 15.4. The smallest absolute Gasteiger partial charge is 0.258 e. The number of carbonyl (C=O) groups excluding carboxylic acids is 1. The van der Waals surface area contributed by atoms with Crippen LogP contribution in [0.5, 0.6) is 0 Å². The number of nitrogens with two attached hydrogens (primary N) is 1. The molecule has 0 saturated heterocycles. The van der Waals surface area contributed by atoms with Gasteiger partial charge in [-0.15, -0.1) is 0 Å². The molecule has 0 aromatic heterocycles. The molecule has 1 saturated carbocycles. The Kier molecular flexibility index (Phi) is 5.76. The Labute approximate surface area is 133 Å². The van der Waals surface area contributed by atoms with Gasteiger partial charge in [-0.3, -0.25) is 4.79 Å². The van der Waals surface area contributed by atoms with E-state index in [4.69, 9.17) is 5.73 Å². The number of rotatable bonds is 4. The standard InChI is InChI=1S/C16H22BrFN2O/c1-2-20(14-9-4-3-6-11(14)10-19)16(21)15-12(17)7-5-8-13(15)18/h5,7-8,11,14H,2-4,6,9-10,19H2,1H3. The number of hydrogen-bond donors (Lipinski definition) is 1. The highest BCUT2D eigenvalue weighted by atomic mass is 79.9. The van der Waals surface area contributed by atoms with E-state index in [2.05, 4.69) is 15.9 Å². The van der Waals surface area contributed by atoms with Gasteiger partial charge >= 0.3 is 0 Å². The van der Waals surface area contributed by atoms with Crippen LogP contribution in [-0.2, 0) is 0 Å². The van der Waals surface area contributed by atoms with Crippen molar-refractivity contribution in [2.45, 2.75) is 38.6 Å². The molecule has 1 aromatic rings. The minimum atomic E-state index is -0.479. The summed E-state index contributed by atoms with van der Waals surface area (Å²) >= 11 is 3.29. The quantitative estimate of drug-likeness (QED) is 0.896. The van der Waals surface area contributed by atoms with Crippen LogP contribution in [0.1, 0.15) is 43.0 Å². The van der Waals surface area contributed by atoms with Crippen molar-refractivity contribution >= 4 is 21.8 Å². The van der Waals surface area contributed by atoms with Gasteiger partial charge in [0.25, 0.3) is 5.91 Å². The molecule has 1 fully saturated rings. The van der Waals surface area contributed by atoms with Crippen molar-refractivity contribution in [1.29, 1.82) is 0 Å². The molecule has 2 rings (SSSR count). The molecular formula is C16H22BrFN2O. The fraction of sp³-hybridized carbons (Fsp3) is 0.562. The minimum absolute atomic E-state index is 0.118. The molecule has 0 aliphatic heterocycles. The summed E-state index contributed by atoms with van der Waals surface area (Å²) < 4.78 is 14.5. The first-order chi connectivity index (χ1) is 10.1. The molecule has 1 amide bonds. The van der Waals surface area contributed by atoms with Crippen molar-refractivity contribution in [3.8, 4) is 0 Å². The lowest BCUT2D eigenvalue weighted by atomic mass is 9.83. The summed E-state index contributed by atoms with van der Waals surface area (Å²) in [5.74, 6) is -0.408. The number of amides is 1. The van der Waals surface area contributed by atoms with E-state index in [0.717, 1.165) is 25.7 Å². The Morgan fingerprint density at radius 2 is 2.14 bits per heavy atom. The van der Waals surface area contributed by atoms with E-state index in [1.165, 1.54) is 6.07 Å². The molecule has 1 aliphatic carbocycles. The zero-order valence-corrected chi connectivity index (χ0v) is 13.9. The minimum Gasteiger partial charge on any atom is -0.335 e. The highest BCUT2D eigenvalue weighted by molar-refractivity contribution is 9.10. The van der Waals surface area contributed by atoms with Gasteiger partial charge in [0.1, 0.15) is 5.82 Å². The number of benzene rings is 1. The van der Waals surface area contributed by atoms with E-state index < -0.39 is 5.82 Å². The van der Waals surface area contributed by atoms with Crippen molar-refractivity contribution < 1.29 is 9.18 Å². The fourth-order valence-corrected chi connectivity index (χ4v) is 3.76. The first kappa shape index (κ1) is 16.4. The van der Waals surface area contributed by atoms with E-state index in [9.17, 15) is 9.18 Å². The number of halogens is 2. The summed E-state index contributed by atoms with van der Waals surface area (Å²) in [4.78, 5) is 14.6. The number of hydrogen-bond acceptors (Lipinski definition) is 2. The Balaban J connectivity index is 2.30. The van der Waals surface area contributed by atoms with E-state index in [-0.39, 0.29) is 17.5 Å². The van der Waals surface area contributed by atoms with Gasteiger partial charge in [0, 0.05) is 17.1 Å². The molecule has 2 atom stereocenters. The summed E-state index contributed by atoms with van der Waals surface area (Å²) in [7, 11) is 0. The molecule has 1 aliphatic rings. The second-order valence-electron chi connectivity index (χ2n) is 5.54. The van der Waals surface area contributed by atoms with Crippen LogP contribution in [0.3, 0.4) is 0 Å². The van der Waals surface area contributed by atoms with E-state index in [1.807, 2.05) is 6.92 Å². The second kappa shape index (κ2) is 7.36. The molecule has 5 heteroatoms. The molecule has 0 radical (unpaired) electrons. The Hall–Kier alpha value is -0.940.